The van der Waals surface area contributed by atoms with E-state index < -0.39 is 23.8 Å². The lowest BCUT2D eigenvalue weighted by molar-refractivity contribution is -0.119. The molecule has 3 aromatic carbocycles. The van der Waals surface area contributed by atoms with Gasteiger partial charge in [-0.05, 0) is 71.0 Å². The standard InChI is InChI=1S/C24H19IN2O3/c1-15-13-17(25)11-12-20(15)26-22(28)21(14-16-7-3-2-4-8-16)27-23(29)18-9-5-6-10-19(18)24(27)30/h2-13,21H,14H2,1H3,(H,26,28). The molecule has 0 saturated carbocycles. The molecule has 0 aromatic heterocycles. The number of carbonyl (C=O) groups excluding carboxylic acids is 3. The molecule has 1 heterocycles. The Morgan fingerprint density at radius 2 is 1.53 bits per heavy atom. The minimum atomic E-state index is -0.960. The highest BCUT2D eigenvalue weighted by Crippen LogP contribution is 2.27. The molecule has 0 bridgehead atoms. The van der Waals surface area contributed by atoms with Crippen LogP contribution in [0.15, 0.2) is 72.8 Å². The van der Waals surface area contributed by atoms with Gasteiger partial charge in [-0.15, -0.1) is 0 Å². The van der Waals surface area contributed by atoms with Crippen molar-refractivity contribution in [3.05, 3.63) is 98.6 Å². The number of anilines is 1. The molecule has 4 rings (SSSR count). The maximum atomic E-state index is 13.3. The van der Waals surface area contributed by atoms with Crippen LogP contribution < -0.4 is 5.32 Å². The van der Waals surface area contributed by atoms with E-state index in [2.05, 4.69) is 27.9 Å². The molecule has 0 spiro atoms. The summed E-state index contributed by atoms with van der Waals surface area (Å²) in [7, 11) is 0. The zero-order valence-electron chi connectivity index (χ0n) is 16.3. The van der Waals surface area contributed by atoms with E-state index in [0.29, 0.717) is 16.8 Å². The zero-order chi connectivity index (χ0) is 21.3. The molecule has 0 radical (unpaired) electrons. The number of aryl methyl sites for hydroxylation is 1. The lowest BCUT2D eigenvalue weighted by atomic mass is 10.0. The Morgan fingerprint density at radius 1 is 0.933 bits per heavy atom. The normalized spacial score (nSPS) is 13.9. The fourth-order valence-electron chi connectivity index (χ4n) is 3.61. The molecule has 1 atom stereocenters. The van der Waals surface area contributed by atoms with E-state index in [9.17, 15) is 14.4 Å². The predicted molar refractivity (Wildman–Crippen MR) is 123 cm³/mol. The third kappa shape index (κ3) is 3.87. The van der Waals surface area contributed by atoms with Gasteiger partial charge in [0.05, 0.1) is 11.1 Å². The molecule has 0 fully saturated rings. The van der Waals surface area contributed by atoms with Crippen LogP contribution in [0.25, 0.3) is 0 Å². The molecule has 6 heteroatoms. The molecule has 5 nitrogen and oxygen atoms in total. The molecule has 1 N–H and O–H groups in total. The van der Waals surface area contributed by atoms with E-state index in [1.807, 2.05) is 55.5 Å². The van der Waals surface area contributed by atoms with Gasteiger partial charge in [0.2, 0.25) is 5.91 Å². The maximum Gasteiger partial charge on any atom is 0.262 e. The lowest BCUT2D eigenvalue weighted by Gasteiger charge is -2.26. The first-order valence-electron chi connectivity index (χ1n) is 9.53. The van der Waals surface area contributed by atoms with Crippen LogP contribution in [0.1, 0.15) is 31.8 Å². The molecule has 0 aliphatic carbocycles. The maximum absolute atomic E-state index is 13.3. The Morgan fingerprint density at radius 3 is 2.13 bits per heavy atom. The van der Waals surface area contributed by atoms with Crippen molar-refractivity contribution in [2.45, 2.75) is 19.4 Å². The van der Waals surface area contributed by atoms with Crippen LogP contribution in [-0.4, -0.2) is 28.7 Å². The molecule has 3 aromatic rings. The second-order valence-electron chi connectivity index (χ2n) is 7.18. The van der Waals surface area contributed by atoms with Gasteiger partial charge in [0.25, 0.3) is 11.8 Å². The molecular weight excluding hydrogens is 491 g/mol. The fourth-order valence-corrected chi connectivity index (χ4v) is 4.26. The van der Waals surface area contributed by atoms with Crippen molar-refractivity contribution in [1.29, 1.82) is 0 Å². The summed E-state index contributed by atoms with van der Waals surface area (Å²) >= 11 is 2.21. The molecule has 1 unspecified atom stereocenters. The molecule has 1 aliphatic rings. The van der Waals surface area contributed by atoms with Gasteiger partial charge in [0, 0.05) is 15.7 Å². The summed E-state index contributed by atoms with van der Waals surface area (Å²) in [4.78, 5) is 40.5. The summed E-state index contributed by atoms with van der Waals surface area (Å²) in [5.41, 5.74) is 3.11. The number of halogens is 1. The lowest BCUT2D eigenvalue weighted by Crippen LogP contribution is -2.48. The molecular formula is C24H19IN2O3. The van der Waals surface area contributed by atoms with Crippen molar-refractivity contribution in [1.82, 2.24) is 4.90 Å². The van der Waals surface area contributed by atoms with Crippen molar-refractivity contribution >= 4 is 46.0 Å². The number of amides is 3. The van der Waals surface area contributed by atoms with Gasteiger partial charge in [0.15, 0.2) is 0 Å². The van der Waals surface area contributed by atoms with E-state index in [-0.39, 0.29) is 6.42 Å². The molecule has 3 amide bonds. The van der Waals surface area contributed by atoms with Gasteiger partial charge in [0.1, 0.15) is 6.04 Å². The van der Waals surface area contributed by atoms with Crippen LogP contribution in [0.5, 0.6) is 0 Å². The number of hydrogen-bond donors (Lipinski definition) is 1. The van der Waals surface area contributed by atoms with Crippen molar-refractivity contribution in [3.63, 3.8) is 0 Å². The van der Waals surface area contributed by atoms with Gasteiger partial charge in [-0.1, -0.05) is 42.5 Å². The number of imide groups is 1. The summed E-state index contributed by atoms with van der Waals surface area (Å²) in [6.45, 7) is 1.91. The van der Waals surface area contributed by atoms with E-state index >= 15 is 0 Å². The average Bonchev–Trinajstić information content (AvgIpc) is 3.00. The van der Waals surface area contributed by atoms with Gasteiger partial charge in [-0.2, -0.15) is 0 Å². The number of fused-ring (bicyclic) bond motifs is 1. The van der Waals surface area contributed by atoms with Crippen molar-refractivity contribution in [2.75, 3.05) is 5.32 Å². The summed E-state index contributed by atoms with van der Waals surface area (Å²) in [6, 6.07) is 20.8. The van der Waals surface area contributed by atoms with Crippen LogP contribution in [0.2, 0.25) is 0 Å². The quantitative estimate of drug-likeness (QED) is 0.408. The monoisotopic (exact) mass is 510 g/mol. The van der Waals surface area contributed by atoms with Crippen molar-refractivity contribution < 1.29 is 14.4 Å². The largest absolute Gasteiger partial charge is 0.324 e. The number of rotatable bonds is 5. The Balaban J connectivity index is 1.69. The van der Waals surface area contributed by atoms with Crippen LogP contribution in [-0.2, 0) is 11.2 Å². The van der Waals surface area contributed by atoms with Crippen LogP contribution in [0.4, 0.5) is 5.69 Å². The summed E-state index contributed by atoms with van der Waals surface area (Å²) < 4.78 is 1.06. The predicted octanol–water partition coefficient (Wildman–Crippen LogP) is 4.45. The van der Waals surface area contributed by atoms with E-state index in [1.54, 1.807) is 24.3 Å². The van der Waals surface area contributed by atoms with Crippen LogP contribution in [0.3, 0.4) is 0 Å². The highest BCUT2D eigenvalue weighted by Gasteiger charge is 2.42. The van der Waals surface area contributed by atoms with Gasteiger partial charge >= 0.3 is 0 Å². The minimum Gasteiger partial charge on any atom is -0.324 e. The third-order valence-electron chi connectivity index (χ3n) is 5.16. The number of nitrogens with one attached hydrogen (secondary N) is 1. The number of hydrogen-bond acceptors (Lipinski definition) is 3. The molecule has 0 saturated heterocycles. The Bertz CT molecular complexity index is 1110. The second kappa shape index (κ2) is 8.39. The number of benzene rings is 3. The SMILES string of the molecule is Cc1cc(I)ccc1NC(=O)C(Cc1ccccc1)N1C(=O)c2ccccc2C1=O. The third-order valence-corrected chi connectivity index (χ3v) is 5.83. The Hall–Kier alpha value is -3.00. The fraction of sp³-hybridized carbons (Fsp3) is 0.125. The zero-order valence-corrected chi connectivity index (χ0v) is 18.4. The van der Waals surface area contributed by atoms with Crippen molar-refractivity contribution in [2.24, 2.45) is 0 Å². The van der Waals surface area contributed by atoms with E-state index in [0.717, 1.165) is 19.6 Å². The first kappa shape index (κ1) is 20.3. The second-order valence-corrected chi connectivity index (χ2v) is 8.43. The molecule has 150 valence electrons. The summed E-state index contributed by atoms with van der Waals surface area (Å²) in [6.07, 6.45) is 0.238. The van der Waals surface area contributed by atoms with Crippen LogP contribution >= 0.6 is 22.6 Å². The molecule has 1 aliphatic heterocycles. The van der Waals surface area contributed by atoms with Crippen molar-refractivity contribution in [3.8, 4) is 0 Å². The minimum absolute atomic E-state index is 0.238. The summed E-state index contributed by atoms with van der Waals surface area (Å²) in [5, 5.41) is 2.91. The first-order chi connectivity index (χ1) is 14.5. The van der Waals surface area contributed by atoms with Crippen LogP contribution in [0, 0.1) is 10.5 Å². The highest BCUT2D eigenvalue weighted by molar-refractivity contribution is 14.1. The Kier molecular flexibility index (Phi) is 5.67. The van der Waals surface area contributed by atoms with Gasteiger partial charge < -0.3 is 5.32 Å². The van der Waals surface area contributed by atoms with Gasteiger partial charge in [-0.25, -0.2) is 0 Å². The van der Waals surface area contributed by atoms with E-state index in [4.69, 9.17) is 0 Å². The first-order valence-corrected chi connectivity index (χ1v) is 10.6. The topological polar surface area (TPSA) is 66.5 Å². The summed E-state index contributed by atoms with van der Waals surface area (Å²) in [5.74, 6) is -1.27. The molecule has 30 heavy (non-hydrogen) atoms. The average molecular weight is 510 g/mol. The highest BCUT2D eigenvalue weighted by atomic mass is 127. The van der Waals surface area contributed by atoms with E-state index in [1.165, 1.54) is 0 Å². The van der Waals surface area contributed by atoms with Gasteiger partial charge in [-0.3, -0.25) is 19.3 Å². The Labute approximate surface area is 188 Å². The smallest absolute Gasteiger partial charge is 0.262 e. The number of carbonyl (C=O) groups is 3. The number of nitrogens with zero attached hydrogens (tertiary/aromatic N) is 1.